The average Bonchev–Trinajstić information content (AvgIpc) is 3.29. The van der Waals surface area contributed by atoms with E-state index in [2.05, 4.69) is 69.4 Å². The molecule has 0 radical (unpaired) electrons. The van der Waals surface area contributed by atoms with Crippen molar-refractivity contribution in [2.24, 2.45) is 0 Å². The first kappa shape index (κ1) is 61.4. The van der Waals surface area contributed by atoms with Crippen LogP contribution in [0.25, 0.3) is 0 Å². The highest BCUT2D eigenvalue weighted by atomic mass is 16.6. The van der Waals surface area contributed by atoms with E-state index in [9.17, 15) is 14.4 Å². The van der Waals surface area contributed by atoms with Crippen LogP contribution in [-0.2, 0) is 28.6 Å². The maximum atomic E-state index is 12.8. The fourth-order valence-corrected chi connectivity index (χ4v) is 7.92. The van der Waals surface area contributed by atoms with Crippen molar-refractivity contribution in [2.75, 3.05) is 13.2 Å². The molecule has 0 saturated heterocycles. The summed E-state index contributed by atoms with van der Waals surface area (Å²) in [7, 11) is 0. The molecule has 372 valence electrons. The van der Waals surface area contributed by atoms with Gasteiger partial charge in [-0.15, -0.1) is 0 Å². The predicted octanol–water partition coefficient (Wildman–Crippen LogP) is 18.3. The first-order valence-electron chi connectivity index (χ1n) is 27.6. The van der Waals surface area contributed by atoms with E-state index in [4.69, 9.17) is 14.2 Å². The molecule has 0 aromatic rings. The van der Waals surface area contributed by atoms with Gasteiger partial charge in [0.25, 0.3) is 0 Å². The maximum Gasteiger partial charge on any atom is 0.306 e. The molecule has 0 saturated carbocycles. The van der Waals surface area contributed by atoms with Crippen LogP contribution in [0.5, 0.6) is 0 Å². The quantitative estimate of drug-likeness (QED) is 0.0262. The largest absolute Gasteiger partial charge is 0.462 e. The molecule has 1 unspecified atom stereocenters. The zero-order valence-electron chi connectivity index (χ0n) is 42.6. The maximum absolute atomic E-state index is 12.8. The van der Waals surface area contributed by atoms with E-state index < -0.39 is 6.10 Å². The lowest BCUT2D eigenvalue weighted by molar-refractivity contribution is -0.167. The number of rotatable bonds is 50. The monoisotopic (exact) mass is 897 g/mol. The third kappa shape index (κ3) is 50.4. The molecule has 0 aliphatic rings. The normalized spacial score (nSPS) is 12.4. The van der Waals surface area contributed by atoms with Gasteiger partial charge in [0.1, 0.15) is 13.2 Å². The van der Waals surface area contributed by atoms with E-state index in [-0.39, 0.29) is 31.1 Å². The molecule has 0 aromatic heterocycles. The van der Waals surface area contributed by atoms with Gasteiger partial charge >= 0.3 is 17.9 Å². The van der Waals surface area contributed by atoms with Crippen molar-refractivity contribution in [1.82, 2.24) is 0 Å². The Morgan fingerprint density at radius 1 is 0.328 bits per heavy atom. The minimum atomic E-state index is -0.783. The molecule has 0 aliphatic heterocycles. The van der Waals surface area contributed by atoms with Crippen LogP contribution in [0.3, 0.4) is 0 Å². The van der Waals surface area contributed by atoms with E-state index in [0.29, 0.717) is 19.3 Å². The van der Waals surface area contributed by atoms with Crippen LogP contribution in [0.2, 0.25) is 0 Å². The van der Waals surface area contributed by atoms with E-state index in [1.54, 1.807) is 0 Å². The van der Waals surface area contributed by atoms with E-state index in [0.717, 1.165) is 103 Å². The lowest BCUT2D eigenvalue weighted by atomic mass is 10.0. The molecule has 0 amide bonds. The SMILES string of the molecule is CC/C=C\C/C=C\C/C=C\CCCCCCCC(=O)OC(COC(=O)CCCCCCC/C=C\CCCCCCCC)COC(=O)CCCCCCCCCCCCCCCCCC. The summed E-state index contributed by atoms with van der Waals surface area (Å²) in [6.45, 7) is 6.53. The summed E-state index contributed by atoms with van der Waals surface area (Å²) in [4.78, 5) is 38.1. The zero-order valence-corrected chi connectivity index (χ0v) is 42.6. The number of ether oxygens (including phenoxy) is 3. The number of carbonyl (C=O) groups is 3. The Kier molecular flexibility index (Phi) is 50.8. The smallest absolute Gasteiger partial charge is 0.306 e. The molecule has 0 aromatic carbocycles. The van der Waals surface area contributed by atoms with E-state index in [1.165, 1.54) is 141 Å². The summed E-state index contributed by atoms with van der Waals surface area (Å²) < 4.78 is 16.8. The van der Waals surface area contributed by atoms with Crippen LogP contribution in [0.15, 0.2) is 48.6 Å². The number of hydrogen-bond donors (Lipinski definition) is 0. The summed E-state index contributed by atoms with van der Waals surface area (Å²) in [5.74, 6) is -0.894. The van der Waals surface area contributed by atoms with Crippen molar-refractivity contribution in [2.45, 2.75) is 290 Å². The van der Waals surface area contributed by atoms with Crippen molar-refractivity contribution < 1.29 is 28.6 Å². The van der Waals surface area contributed by atoms with Gasteiger partial charge in [-0.3, -0.25) is 14.4 Å². The summed E-state index contributed by atoms with van der Waals surface area (Å²) in [6, 6.07) is 0. The minimum Gasteiger partial charge on any atom is -0.462 e. The van der Waals surface area contributed by atoms with Gasteiger partial charge in [0.15, 0.2) is 6.10 Å². The van der Waals surface area contributed by atoms with Crippen molar-refractivity contribution in [3.05, 3.63) is 48.6 Å². The Hall–Kier alpha value is -2.63. The number of hydrogen-bond acceptors (Lipinski definition) is 6. The van der Waals surface area contributed by atoms with Crippen molar-refractivity contribution >= 4 is 17.9 Å². The van der Waals surface area contributed by atoms with Crippen LogP contribution in [-0.4, -0.2) is 37.2 Å². The molecule has 0 spiro atoms. The number of esters is 3. The highest BCUT2D eigenvalue weighted by Gasteiger charge is 2.19. The summed E-state index contributed by atoms with van der Waals surface area (Å²) in [5, 5.41) is 0. The van der Waals surface area contributed by atoms with Gasteiger partial charge in [-0.25, -0.2) is 0 Å². The Balaban J connectivity index is 4.39. The van der Waals surface area contributed by atoms with Gasteiger partial charge in [-0.2, -0.15) is 0 Å². The minimum absolute atomic E-state index is 0.0800. The zero-order chi connectivity index (χ0) is 46.5. The summed E-state index contributed by atoms with van der Waals surface area (Å²) >= 11 is 0. The second-order valence-electron chi connectivity index (χ2n) is 18.5. The number of unbranched alkanes of at least 4 members (excludes halogenated alkanes) is 31. The third-order valence-corrected chi connectivity index (χ3v) is 12.1. The molecule has 6 heteroatoms. The Morgan fingerprint density at radius 2 is 0.609 bits per heavy atom. The van der Waals surface area contributed by atoms with Crippen LogP contribution in [0.4, 0.5) is 0 Å². The highest BCUT2D eigenvalue weighted by Crippen LogP contribution is 2.16. The Bertz CT molecular complexity index is 1120. The molecule has 1 atom stereocenters. The van der Waals surface area contributed by atoms with Crippen LogP contribution in [0, 0.1) is 0 Å². The molecule has 0 heterocycles. The average molecular weight is 897 g/mol. The van der Waals surface area contributed by atoms with E-state index in [1.807, 2.05) is 0 Å². The fraction of sp³-hybridized carbons (Fsp3) is 0.810. The van der Waals surface area contributed by atoms with Crippen LogP contribution < -0.4 is 0 Å². The van der Waals surface area contributed by atoms with Gasteiger partial charge < -0.3 is 14.2 Å². The molecule has 0 N–H and O–H groups in total. The predicted molar refractivity (Wildman–Crippen MR) is 275 cm³/mol. The van der Waals surface area contributed by atoms with Gasteiger partial charge in [0.05, 0.1) is 0 Å². The molecule has 0 aliphatic carbocycles. The molecular weight excluding hydrogens is 793 g/mol. The van der Waals surface area contributed by atoms with Crippen molar-refractivity contribution in [3.63, 3.8) is 0 Å². The number of carbonyl (C=O) groups excluding carboxylic acids is 3. The topological polar surface area (TPSA) is 78.9 Å². The molecule has 64 heavy (non-hydrogen) atoms. The van der Waals surface area contributed by atoms with Gasteiger partial charge in [0, 0.05) is 19.3 Å². The first-order chi connectivity index (χ1) is 31.5. The van der Waals surface area contributed by atoms with Gasteiger partial charge in [0.2, 0.25) is 0 Å². The number of allylic oxidation sites excluding steroid dienone is 8. The Labute approximate surface area is 397 Å². The lowest BCUT2D eigenvalue weighted by Crippen LogP contribution is -2.30. The molecular formula is C58H104O6. The van der Waals surface area contributed by atoms with Crippen molar-refractivity contribution in [1.29, 1.82) is 0 Å². The first-order valence-corrected chi connectivity index (χ1v) is 27.6. The molecule has 0 fully saturated rings. The molecule has 0 bridgehead atoms. The highest BCUT2D eigenvalue weighted by molar-refractivity contribution is 5.71. The standard InChI is InChI=1S/C58H104O6/c1-4-7-10-13-16-19-22-25-28-31-33-36-39-42-45-48-51-57(60)63-54-55(64-58(61)52-49-46-43-40-37-34-30-27-24-21-18-15-12-9-6-3)53-62-56(59)50-47-44-41-38-35-32-29-26-23-20-17-14-11-8-5-2/h9,12,18,21,26-27,29-30,55H,4-8,10-11,13-17,19-20,22-25,28,31-54H2,1-3H3/b12-9-,21-18-,29-26-,30-27-. The summed E-state index contributed by atoms with van der Waals surface area (Å²) in [6.07, 6.45) is 63.8. The fourth-order valence-electron chi connectivity index (χ4n) is 7.92. The second kappa shape index (κ2) is 53.0. The summed E-state index contributed by atoms with van der Waals surface area (Å²) in [5.41, 5.74) is 0. The Morgan fingerprint density at radius 3 is 0.969 bits per heavy atom. The van der Waals surface area contributed by atoms with Gasteiger partial charge in [-0.1, -0.05) is 236 Å². The van der Waals surface area contributed by atoms with E-state index >= 15 is 0 Å². The third-order valence-electron chi connectivity index (χ3n) is 12.1. The van der Waals surface area contributed by atoms with Crippen LogP contribution in [0.1, 0.15) is 284 Å². The second-order valence-corrected chi connectivity index (χ2v) is 18.5. The molecule has 6 nitrogen and oxygen atoms in total. The molecule has 0 rings (SSSR count). The van der Waals surface area contributed by atoms with Crippen molar-refractivity contribution in [3.8, 4) is 0 Å². The van der Waals surface area contributed by atoms with Crippen LogP contribution >= 0.6 is 0 Å². The van der Waals surface area contributed by atoms with Gasteiger partial charge in [-0.05, 0) is 77.0 Å². The lowest BCUT2D eigenvalue weighted by Gasteiger charge is -2.18.